The predicted molar refractivity (Wildman–Crippen MR) is 120 cm³/mol. The summed E-state index contributed by atoms with van der Waals surface area (Å²) in [4.78, 5) is 44.0. The molecule has 9 heteroatoms. The number of imidazole rings is 1. The number of hydrogen-bond acceptors (Lipinski definition) is 4. The molecule has 8 nitrogen and oxygen atoms in total. The Labute approximate surface area is 193 Å². The lowest BCUT2D eigenvalue weighted by Crippen LogP contribution is -2.52. The second kappa shape index (κ2) is 7.24. The van der Waals surface area contributed by atoms with E-state index in [9.17, 15) is 18.8 Å². The molecule has 34 heavy (non-hydrogen) atoms. The van der Waals surface area contributed by atoms with E-state index < -0.39 is 23.3 Å². The molecule has 1 fully saturated rings. The minimum absolute atomic E-state index is 0.0886. The van der Waals surface area contributed by atoms with Crippen LogP contribution in [0.4, 0.5) is 9.18 Å². The van der Waals surface area contributed by atoms with Gasteiger partial charge in [0.15, 0.2) is 5.54 Å². The number of imide groups is 1. The SMILES string of the molecule is O=C1NC(=O)[C@](CN2Cc3ccc(F)cc3C2=O)(c2ccc(-c3cnc4ccccn34)cc2)N1. The van der Waals surface area contributed by atoms with Crippen LogP contribution in [0.15, 0.2) is 73.1 Å². The summed E-state index contributed by atoms with van der Waals surface area (Å²) in [6, 6.07) is 16.4. The van der Waals surface area contributed by atoms with Crippen molar-refractivity contribution in [1.82, 2.24) is 24.9 Å². The van der Waals surface area contributed by atoms with E-state index in [-0.39, 0.29) is 24.6 Å². The number of halogens is 1. The van der Waals surface area contributed by atoms with E-state index in [1.54, 1.807) is 24.4 Å². The molecule has 0 unspecified atom stereocenters. The van der Waals surface area contributed by atoms with Gasteiger partial charge in [0.05, 0.1) is 18.4 Å². The summed E-state index contributed by atoms with van der Waals surface area (Å²) in [7, 11) is 0. The predicted octanol–water partition coefficient (Wildman–Crippen LogP) is 2.83. The first-order chi connectivity index (χ1) is 16.4. The second-order valence-corrected chi connectivity index (χ2v) is 8.43. The molecule has 2 aromatic carbocycles. The molecule has 1 atom stereocenters. The number of pyridine rings is 1. The number of rotatable bonds is 4. The summed E-state index contributed by atoms with van der Waals surface area (Å²) >= 11 is 0. The Hall–Kier alpha value is -4.53. The Bertz CT molecular complexity index is 1500. The lowest BCUT2D eigenvalue weighted by Gasteiger charge is -2.31. The molecule has 2 aliphatic heterocycles. The Morgan fingerprint density at radius 3 is 2.62 bits per heavy atom. The maximum Gasteiger partial charge on any atom is 0.322 e. The molecule has 2 N–H and O–H groups in total. The van der Waals surface area contributed by atoms with Gasteiger partial charge in [-0.25, -0.2) is 14.2 Å². The van der Waals surface area contributed by atoms with Gasteiger partial charge in [0.2, 0.25) is 0 Å². The molecular weight excluding hydrogens is 437 g/mol. The highest BCUT2D eigenvalue weighted by Crippen LogP contribution is 2.32. The van der Waals surface area contributed by atoms with Crippen molar-refractivity contribution in [3.63, 3.8) is 0 Å². The summed E-state index contributed by atoms with van der Waals surface area (Å²) < 4.78 is 15.6. The zero-order valence-electron chi connectivity index (χ0n) is 17.8. The molecule has 4 heterocycles. The molecule has 4 aromatic rings. The van der Waals surface area contributed by atoms with Crippen LogP contribution in [0.25, 0.3) is 16.9 Å². The van der Waals surface area contributed by atoms with E-state index in [2.05, 4.69) is 15.6 Å². The number of amides is 4. The number of urea groups is 1. The Kier molecular flexibility index (Phi) is 4.28. The van der Waals surface area contributed by atoms with Gasteiger partial charge < -0.3 is 10.2 Å². The lowest BCUT2D eigenvalue weighted by atomic mass is 9.88. The number of carbonyl (C=O) groups is 3. The van der Waals surface area contributed by atoms with Gasteiger partial charge in [-0.15, -0.1) is 0 Å². The van der Waals surface area contributed by atoms with Crippen LogP contribution >= 0.6 is 0 Å². The Balaban J connectivity index is 1.36. The maximum atomic E-state index is 13.7. The number of nitrogens with zero attached hydrogens (tertiary/aromatic N) is 3. The highest BCUT2D eigenvalue weighted by Gasteiger charge is 2.50. The van der Waals surface area contributed by atoms with Crippen molar-refractivity contribution in [3.8, 4) is 11.3 Å². The largest absolute Gasteiger partial charge is 0.331 e. The van der Waals surface area contributed by atoms with E-state index >= 15 is 0 Å². The van der Waals surface area contributed by atoms with Crippen LogP contribution < -0.4 is 10.6 Å². The first kappa shape index (κ1) is 20.1. The molecule has 0 saturated carbocycles. The van der Waals surface area contributed by atoms with Gasteiger partial charge in [-0.1, -0.05) is 36.4 Å². The van der Waals surface area contributed by atoms with Crippen LogP contribution in [-0.4, -0.2) is 38.7 Å². The van der Waals surface area contributed by atoms with E-state index in [1.807, 2.05) is 40.9 Å². The molecule has 1 saturated heterocycles. The molecule has 2 aliphatic rings. The summed E-state index contributed by atoms with van der Waals surface area (Å²) in [5.74, 6) is -1.43. The first-order valence-corrected chi connectivity index (χ1v) is 10.7. The molecule has 4 amide bonds. The van der Waals surface area contributed by atoms with Crippen molar-refractivity contribution in [3.05, 3.63) is 95.6 Å². The van der Waals surface area contributed by atoms with Crippen LogP contribution in [0.2, 0.25) is 0 Å². The maximum absolute atomic E-state index is 13.7. The minimum Gasteiger partial charge on any atom is -0.331 e. The Morgan fingerprint density at radius 2 is 1.85 bits per heavy atom. The highest BCUT2D eigenvalue weighted by molar-refractivity contribution is 6.08. The van der Waals surface area contributed by atoms with Crippen molar-refractivity contribution in [1.29, 1.82) is 0 Å². The van der Waals surface area contributed by atoms with Gasteiger partial charge in [0.25, 0.3) is 11.8 Å². The summed E-state index contributed by atoms with van der Waals surface area (Å²) in [6.07, 6.45) is 3.68. The van der Waals surface area contributed by atoms with E-state index in [0.29, 0.717) is 11.1 Å². The molecule has 2 aromatic heterocycles. The number of aromatic nitrogens is 2. The fourth-order valence-electron chi connectivity index (χ4n) is 4.72. The topological polar surface area (TPSA) is 95.8 Å². The third kappa shape index (κ3) is 2.97. The summed E-state index contributed by atoms with van der Waals surface area (Å²) in [5, 5.41) is 5.01. The highest BCUT2D eigenvalue weighted by atomic mass is 19.1. The number of benzene rings is 2. The van der Waals surface area contributed by atoms with E-state index in [1.165, 1.54) is 17.0 Å². The van der Waals surface area contributed by atoms with Gasteiger partial charge in [-0.3, -0.25) is 19.3 Å². The normalized spacial score (nSPS) is 19.4. The van der Waals surface area contributed by atoms with Crippen molar-refractivity contribution < 1.29 is 18.8 Å². The van der Waals surface area contributed by atoms with Crippen LogP contribution in [0.1, 0.15) is 21.5 Å². The van der Waals surface area contributed by atoms with Crippen LogP contribution in [0.3, 0.4) is 0 Å². The molecule has 0 aliphatic carbocycles. The third-order valence-electron chi connectivity index (χ3n) is 6.41. The Morgan fingerprint density at radius 1 is 1.03 bits per heavy atom. The van der Waals surface area contributed by atoms with Gasteiger partial charge in [0.1, 0.15) is 11.5 Å². The summed E-state index contributed by atoms with van der Waals surface area (Å²) in [5.41, 5.74) is 2.57. The molecular formula is C25H18FN5O3. The third-order valence-corrected chi connectivity index (χ3v) is 6.41. The average molecular weight is 455 g/mol. The second-order valence-electron chi connectivity index (χ2n) is 8.43. The number of carbonyl (C=O) groups excluding carboxylic acids is 3. The quantitative estimate of drug-likeness (QED) is 0.463. The van der Waals surface area contributed by atoms with Crippen molar-refractivity contribution in [2.24, 2.45) is 0 Å². The molecule has 6 rings (SSSR count). The van der Waals surface area contributed by atoms with Gasteiger partial charge in [0, 0.05) is 23.9 Å². The number of nitrogens with one attached hydrogen (secondary N) is 2. The smallest absolute Gasteiger partial charge is 0.322 e. The zero-order valence-corrected chi connectivity index (χ0v) is 17.8. The average Bonchev–Trinajstić information content (AvgIpc) is 3.48. The van der Waals surface area contributed by atoms with Gasteiger partial charge >= 0.3 is 6.03 Å². The number of hydrogen-bond donors (Lipinski definition) is 2. The van der Waals surface area contributed by atoms with E-state index in [4.69, 9.17) is 0 Å². The lowest BCUT2D eigenvalue weighted by molar-refractivity contribution is -0.124. The van der Waals surface area contributed by atoms with Crippen LogP contribution in [-0.2, 0) is 16.9 Å². The zero-order chi connectivity index (χ0) is 23.4. The molecule has 168 valence electrons. The van der Waals surface area contributed by atoms with Crippen LogP contribution in [0.5, 0.6) is 0 Å². The van der Waals surface area contributed by atoms with E-state index in [0.717, 1.165) is 16.9 Å². The van der Waals surface area contributed by atoms with Gasteiger partial charge in [-0.2, -0.15) is 0 Å². The minimum atomic E-state index is -1.47. The van der Waals surface area contributed by atoms with Crippen molar-refractivity contribution in [2.45, 2.75) is 12.1 Å². The first-order valence-electron chi connectivity index (χ1n) is 10.7. The van der Waals surface area contributed by atoms with Gasteiger partial charge in [-0.05, 0) is 35.4 Å². The number of fused-ring (bicyclic) bond motifs is 2. The standard InChI is InChI=1S/C25H18FN5O3/c26-18-9-6-16-13-30(22(32)19(16)11-18)14-25(23(33)28-24(34)29-25)17-7-4-15(5-8-17)20-12-27-21-3-1-2-10-31(20)21/h1-12H,13-14H2,(H2,28,29,33,34)/t25-/m0/s1. The summed E-state index contributed by atoms with van der Waals surface area (Å²) in [6.45, 7) is 0.133. The van der Waals surface area contributed by atoms with Crippen LogP contribution in [0, 0.1) is 5.82 Å². The molecule has 0 bridgehead atoms. The monoisotopic (exact) mass is 455 g/mol. The molecule has 0 spiro atoms. The fourth-order valence-corrected chi connectivity index (χ4v) is 4.72. The van der Waals surface area contributed by atoms with Crippen molar-refractivity contribution >= 4 is 23.5 Å². The fraction of sp³-hybridized carbons (Fsp3) is 0.120. The molecule has 0 radical (unpaired) electrons. The van der Waals surface area contributed by atoms with Crippen molar-refractivity contribution in [2.75, 3.05) is 6.54 Å².